The van der Waals surface area contributed by atoms with E-state index in [9.17, 15) is 14.4 Å². The third kappa shape index (κ3) is 5.54. The zero-order chi connectivity index (χ0) is 25.4. The number of piperidine rings is 1. The molecule has 3 amide bonds. The smallest absolute Gasteiger partial charge is 0.255 e. The summed E-state index contributed by atoms with van der Waals surface area (Å²) in [4.78, 5) is 40.9. The summed E-state index contributed by atoms with van der Waals surface area (Å²) in [6.45, 7) is 6.17. The highest BCUT2D eigenvalue weighted by atomic mass is 32.2. The number of fused-ring (bicyclic) bond motifs is 1. The summed E-state index contributed by atoms with van der Waals surface area (Å²) in [6.07, 6.45) is 3.35. The average molecular weight is 521 g/mol. The van der Waals surface area contributed by atoms with Crippen molar-refractivity contribution in [2.24, 2.45) is 0 Å². The summed E-state index contributed by atoms with van der Waals surface area (Å²) < 4.78 is 8.68. The van der Waals surface area contributed by atoms with Crippen molar-refractivity contribution in [3.8, 4) is 5.75 Å². The predicted octanol–water partition coefficient (Wildman–Crippen LogP) is 2.95. The molecule has 0 spiro atoms. The summed E-state index contributed by atoms with van der Waals surface area (Å²) in [6, 6.07) is 13.4. The molecule has 2 aromatic carbocycles. The van der Waals surface area contributed by atoms with Crippen LogP contribution >= 0.6 is 11.9 Å². The molecule has 1 saturated carbocycles. The number of nitrogens with zero attached hydrogens (tertiary/aromatic N) is 3. The van der Waals surface area contributed by atoms with Crippen LogP contribution in [0.2, 0.25) is 0 Å². The largest absolute Gasteiger partial charge is 0.489 e. The first kappa shape index (κ1) is 24.5. The monoisotopic (exact) mass is 520 g/mol. The van der Waals surface area contributed by atoms with Crippen LogP contribution in [0, 0.1) is 0 Å². The van der Waals surface area contributed by atoms with Gasteiger partial charge in [0.1, 0.15) is 18.4 Å². The third-order valence-electron chi connectivity index (χ3n) is 7.52. The molecule has 0 radical (unpaired) electrons. The number of nitrogens with one attached hydrogen (secondary N) is 1. The van der Waals surface area contributed by atoms with Gasteiger partial charge in [-0.3, -0.25) is 24.6 Å². The fraction of sp³-hybridized carbons (Fsp3) is 0.464. The number of carbonyl (C=O) groups is 3. The highest BCUT2D eigenvalue weighted by molar-refractivity contribution is 7.97. The van der Waals surface area contributed by atoms with E-state index in [1.165, 1.54) is 18.4 Å². The van der Waals surface area contributed by atoms with Crippen LogP contribution in [-0.4, -0.2) is 69.3 Å². The first-order valence-electron chi connectivity index (χ1n) is 13.1. The Labute approximate surface area is 221 Å². The van der Waals surface area contributed by atoms with Gasteiger partial charge >= 0.3 is 0 Å². The Balaban J connectivity index is 1.03. The second-order valence-electron chi connectivity index (χ2n) is 10.3. The lowest BCUT2D eigenvalue weighted by atomic mass is 10.0. The highest BCUT2D eigenvalue weighted by Crippen LogP contribution is 2.37. The van der Waals surface area contributed by atoms with E-state index in [1.807, 2.05) is 12.1 Å². The number of benzene rings is 2. The summed E-state index contributed by atoms with van der Waals surface area (Å²) in [7, 11) is 0. The Hall–Kier alpha value is -2.88. The van der Waals surface area contributed by atoms with E-state index in [-0.39, 0.29) is 18.2 Å². The second kappa shape index (κ2) is 10.5. The number of piperazine rings is 1. The van der Waals surface area contributed by atoms with Crippen molar-refractivity contribution in [1.29, 1.82) is 0 Å². The fourth-order valence-corrected chi connectivity index (χ4v) is 6.37. The first-order chi connectivity index (χ1) is 18.0. The number of hydrogen-bond donors (Lipinski definition) is 1. The van der Waals surface area contributed by atoms with E-state index < -0.39 is 11.9 Å². The van der Waals surface area contributed by atoms with E-state index in [2.05, 4.69) is 50.7 Å². The molecule has 8 nitrogen and oxygen atoms in total. The lowest BCUT2D eigenvalue weighted by Gasteiger charge is -2.34. The number of amides is 3. The maximum Gasteiger partial charge on any atom is 0.255 e. The van der Waals surface area contributed by atoms with Gasteiger partial charge in [-0.2, -0.15) is 0 Å². The first-order valence-corrected chi connectivity index (χ1v) is 14.0. The molecule has 6 rings (SSSR count). The van der Waals surface area contributed by atoms with Gasteiger partial charge in [0.2, 0.25) is 11.8 Å². The zero-order valence-electron chi connectivity index (χ0n) is 20.9. The Morgan fingerprint density at radius 3 is 2.41 bits per heavy atom. The molecule has 3 heterocycles. The minimum absolute atomic E-state index is 0.189. The van der Waals surface area contributed by atoms with Crippen LogP contribution in [0.25, 0.3) is 0 Å². The number of ether oxygens (including phenoxy) is 1. The third-order valence-corrected chi connectivity index (χ3v) is 8.95. The lowest BCUT2D eigenvalue weighted by Crippen LogP contribution is -2.52. The molecule has 4 aliphatic rings. The molecule has 194 valence electrons. The van der Waals surface area contributed by atoms with Crippen molar-refractivity contribution in [3.05, 3.63) is 64.7 Å². The van der Waals surface area contributed by atoms with Gasteiger partial charge in [-0.15, -0.1) is 0 Å². The Bertz CT molecular complexity index is 1190. The van der Waals surface area contributed by atoms with Crippen LogP contribution < -0.4 is 10.1 Å². The standard InChI is InChI=1S/C28H32N4O4S/c33-26-11-10-24(27(34)29-26)32-17-23-22(28(32)35)2-1-3-25(23)36-18-20-6-4-19(5-7-20)16-30-12-14-31(15-13-30)37-21-8-9-21/h1-7,21,24H,8-18H2,(H,29,33,34). The molecule has 1 aliphatic carbocycles. The summed E-state index contributed by atoms with van der Waals surface area (Å²) in [5.41, 5.74) is 3.73. The van der Waals surface area contributed by atoms with Crippen LogP contribution in [-0.2, 0) is 29.3 Å². The molecule has 1 N–H and O–H groups in total. The molecule has 9 heteroatoms. The van der Waals surface area contributed by atoms with Crippen molar-refractivity contribution >= 4 is 29.7 Å². The fourth-order valence-electron chi connectivity index (χ4n) is 5.23. The van der Waals surface area contributed by atoms with Crippen LogP contribution in [0.5, 0.6) is 5.75 Å². The molecule has 3 aliphatic heterocycles. The van der Waals surface area contributed by atoms with Crippen molar-refractivity contribution < 1.29 is 19.1 Å². The number of rotatable bonds is 8. The molecule has 2 aromatic rings. The van der Waals surface area contributed by atoms with Gasteiger partial charge in [0.25, 0.3) is 5.91 Å². The van der Waals surface area contributed by atoms with E-state index in [0.29, 0.717) is 30.9 Å². The molecule has 0 aromatic heterocycles. The molecule has 0 bridgehead atoms. The maximum absolute atomic E-state index is 13.0. The second-order valence-corrected chi connectivity index (χ2v) is 11.7. The summed E-state index contributed by atoms with van der Waals surface area (Å²) >= 11 is 2.06. The number of hydrogen-bond acceptors (Lipinski definition) is 7. The topological polar surface area (TPSA) is 82.2 Å². The number of imide groups is 1. The van der Waals surface area contributed by atoms with Crippen molar-refractivity contribution in [1.82, 2.24) is 19.4 Å². The molecule has 37 heavy (non-hydrogen) atoms. The normalized spacial score (nSPS) is 22.8. The van der Waals surface area contributed by atoms with Crippen LogP contribution in [0.15, 0.2) is 42.5 Å². The van der Waals surface area contributed by atoms with Crippen LogP contribution in [0.1, 0.15) is 52.7 Å². The van der Waals surface area contributed by atoms with Gasteiger partial charge in [-0.25, -0.2) is 4.31 Å². The Morgan fingerprint density at radius 2 is 1.68 bits per heavy atom. The molecule has 1 unspecified atom stereocenters. The summed E-state index contributed by atoms with van der Waals surface area (Å²) in [5.74, 6) is -0.220. The molecule has 2 saturated heterocycles. The zero-order valence-corrected chi connectivity index (χ0v) is 21.7. The quantitative estimate of drug-likeness (QED) is 0.423. The van der Waals surface area contributed by atoms with E-state index in [4.69, 9.17) is 4.74 Å². The minimum atomic E-state index is -0.627. The maximum atomic E-state index is 13.0. The van der Waals surface area contributed by atoms with Gasteiger partial charge in [-0.1, -0.05) is 42.3 Å². The SMILES string of the molecule is O=C1CCC(N2Cc3c(OCc4ccc(CN5CCN(SC6CC6)CC5)cc4)cccc3C2=O)C(=O)N1. The Morgan fingerprint density at radius 1 is 0.919 bits per heavy atom. The molecule has 1 atom stereocenters. The van der Waals surface area contributed by atoms with Gasteiger partial charge in [0.15, 0.2) is 0 Å². The van der Waals surface area contributed by atoms with E-state index >= 15 is 0 Å². The van der Waals surface area contributed by atoms with Crippen LogP contribution in [0.3, 0.4) is 0 Å². The highest BCUT2D eigenvalue weighted by Gasteiger charge is 2.40. The van der Waals surface area contributed by atoms with Crippen LogP contribution in [0.4, 0.5) is 0 Å². The predicted molar refractivity (Wildman–Crippen MR) is 141 cm³/mol. The van der Waals surface area contributed by atoms with Gasteiger partial charge < -0.3 is 9.64 Å². The summed E-state index contributed by atoms with van der Waals surface area (Å²) in [5, 5.41) is 3.22. The lowest BCUT2D eigenvalue weighted by molar-refractivity contribution is -0.136. The minimum Gasteiger partial charge on any atom is -0.489 e. The van der Waals surface area contributed by atoms with Crippen molar-refractivity contribution in [3.63, 3.8) is 0 Å². The Kier molecular flexibility index (Phi) is 6.92. The van der Waals surface area contributed by atoms with E-state index in [0.717, 1.165) is 49.1 Å². The van der Waals surface area contributed by atoms with Gasteiger partial charge in [0, 0.05) is 55.5 Å². The molecule has 3 fully saturated rings. The van der Waals surface area contributed by atoms with Crippen molar-refractivity contribution in [2.75, 3.05) is 26.2 Å². The molecular weight excluding hydrogens is 488 g/mol. The average Bonchev–Trinajstić information content (AvgIpc) is 3.66. The van der Waals surface area contributed by atoms with E-state index in [1.54, 1.807) is 11.0 Å². The van der Waals surface area contributed by atoms with Crippen molar-refractivity contribution in [2.45, 2.75) is 56.7 Å². The molecular formula is C28H32N4O4S. The van der Waals surface area contributed by atoms with Gasteiger partial charge in [0.05, 0.1) is 6.54 Å². The number of carbonyl (C=O) groups excluding carboxylic acids is 3. The van der Waals surface area contributed by atoms with Gasteiger partial charge in [-0.05, 0) is 42.5 Å².